The van der Waals surface area contributed by atoms with Crippen LogP contribution in [-0.4, -0.2) is 19.3 Å². The number of benzene rings is 2. The molecule has 2 aromatic heterocycles. The van der Waals surface area contributed by atoms with Crippen LogP contribution in [0.25, 0.3) is 16.8 Å². The van der Waals surface area contributed by atoms with E-state index in [2.05, 4.69) is 5.10 Å². The number of aliphatic hydroxyl groups is 1. The fourth-order valence-electron chi connectivity index (χ4n) is 3.65. The van der Waals surface area contributed by atoms with E-state index in [1.807, 2.05) is 69.3 Å². The number of nitrogens with zero attached hydrogens (tertiary/aromatic N) is 3. The minimum atomic E-state index is -0.750. The summed E-state index contributed by atoms with van der Waals surface area (Å²) < 4.78 is 3.15. The summed E-state index contributed by atoms with van der Waals surface area (Å²) in [4.78, 5) is 13.0. The average molecular weight is 373 g/mol. The number of fused-ring (bicyclic) bond motifs is 1. The molecule has 0 aliphatic heterocycles. The number of hydrogen-bond donors (Lipinski definition) is 1. The third kappa shape index (κ3) is 3.25. The molecule has 0 fully saturated rings. The van der Waals surface area contributed by atoms with Crippen molar-refractivity contribution in [3.63, 3.8) is 0 Å². The van der Waals surface area contributed by atoms with E-state index >= 15 is 0 Å². The van der Waals surface area contributed by atoms with Crippen LogP contribution in [-0.2, 0) is 6.54 Å². The topological polar surface area (TPSA) is 59.5 Å². The van der Waals surface area contributed by atoms with Gasteiger partial charge in [0.1, 0.15) is 5.52 Å². The molecule has 1 N–H and O–H groups in total. The molecule has 142 valence electrons. The Bertz CT molecular complexity index is 1220. The number of rotatable bonds is 4. The molecule has 1 atom stereocenters. The number of aryl methyl sites for hydroxylation is 3. The van der Waals surface area contributed by atoms with Gasteiger partial charge >= 0.3 is 0 Å². The van der Waals surface area contributed by atoms with Crippen LogP contribution < -0.4 is 5.56 Å². The van der Waals surface area contributed by atoms with Crippen LogP contribution in [0.4, 0.5) is 0 Å². The van der Waals surface area contributed by atoms with Crippen molar-refractivity contribution in [3.8, 4) is 11.3 Å². The van der Waals surface area contributed by atoms with Gasteiger partial charge in [0.25, 0.3) is 5.56 Å². The third-order valence-corrected chi connectivity index (χ3v) is 5.18. The highest BCUT2D eigenvalue weighted by Crippen LogP contribution is 2.23. The van der Waals surface area contributed by atoms with Crippen molar-refractivity contribution in [1.29, 1.82) is 0 Å². The van der Waals surface area contributed by atoms with Crippen molar-refractivity contribution < 1.29 is 5.11 Å². The van der Waals surface area contributed by atoms with Gasteiger partial charge in [0.2, 0.25) is 0 Å². The normalized spacial score (nSPS) is 12.4. The number of aromatic nitrogens is 3. The van der Waals surface area contributed by atoms with E-state index in [1.165, 1.54) is 0 Å². The molecule has 1 unspecified atom stereocenters. The maximum atomic E-state index is 13.0. The van der Waals surface area contributed by atoms with Crippen LogP contribution in [0.2, 0.25) is 0 Å². The largest absolute Gasteiger partial charge is 0.387 e. The summed E-state index contributed by atoms with van der Waals surface area (Å²) in [5.41, 5.74) is 6.22. The second-order valence-corrected chi connectivity index (χ2v) is 7.31. The lowest BCUT2D eigenvalue weighted by Crippen LogP contribution is -2.24. The van der Waals surface area contributed by atoms with Crippen LogP contribution in [0.3, 0.4) is 0 Å². The lowest BCUT2D eigenvalue weighted by atomic mass is 10.0. The first-order chi connectivity index (χ1) is 13.4. The van der Waals surface area contributed by atoms with Gasteiger partial charge in [0.15, 0.2) is 0 Å². The third-order valence-electron chi connectivity index (χ3n) is 5.18. The maximum absolute atomic E-state index is 13.0. The van der Waals surface area contributed by atoms with Gasteiger partial charge in [0.05, 0.1) is 18.3 Å². The predicted molar refractivity (Wildman–Crippen MR) is 111 cm³/mol. The molecule has 0 radical (unpaired) electrons. The summed E-state index contributed by atoms with van der Waals surface area (Å²) in [5.74, 6) is 0. The van der Waals surface area contributed by atoms with Crippen LogP contribution in [0.5, 0.6) is 0 Å². The Labute approximate surface area is 163 Å². The van der Waals surface area contributed by atoms with Gasteiger partial charge in [0, 0.05) is 18.0 Å². The molecule has 0 aliphatic carbocycles. The van der Waals surface area contributed by atoms with Crippen LogP contribution in [0, 0.1) is 20.8 Å². The van der Waals surface area contributed by atoms with Gasteiger partial charge in [-0.05, 0) is 43.5 Å². The summed E-state index contributed by atoms with van der Waals surface area (Å²) in [5, 5.41) is 15.2. The summed E-state index contributed by atoms with van der Waals surface area (Å²) >= 11 is 0. The highest BCUT2D eigenvalue weighted by molar-refractivity contribution is 5.68. The van der Waals surface area contributed by atoms with E-state index < -0.39 is 6.10 Å². The van der Waals surface area contributed by atoms with Crippen molar-refractivity contribution in [1.82, 2.24) is 14.2 Å². The average Bonchev–Trinajstić information content (AvgIpc) is 3.09. The zero-order valence-corrected chi connectivity index (χ0v) is 16.3. The Hall–Kier alpha value is -3.18. The maximum Gasteiger partial charge on any atom is 0.276 e. The molecule has 2 heterocycles. The molecule has 2 aromatic carbocycles. The molecule has 4 rings (SSSR count). The Morgan fingerprint density at radius 3 is 2.54 bits per heavy atom. The van der Waals surface area contributed by atoms with E-state index in [-0.39, 0.29) is 12.1 Å². The van der Waals surface area contributed by atoms with Gasteiger partial charge in [-0.1, -0.05) is 48.0 Å². The van der Waals surface area contributed by atoms with Gasteiger partial charge in [-0.2, -0.15) is 5.10 Å². The van der Waals surface area contributed by atoms with Crippen molar-refractivity contribution in [2.75, 3.05) is 0 Å². The summed E-state index contributed by atoms with van der Waals surface area (Å²) in [6.07, 6.45) is 2.68. The second-order valence-electron chi connectivity index (χ2n) is 7.31. The predicted octanol–water partition coefficient (Wildman–Crippen LogP) is 3.82. The smallest absolute Gasteiger partial charge is 0.276 e. The Morgan fingerprint density at radius 1 is 1.00 bits per heavy atom. The summed E-state index contributed by atoms with van der Waals surface area (Å²) in [6.45, 7) is 6.22. The molecule has 0 aliphatic rings. The molecule has 0 saturated carbocycles. The zero-order valence-electron chi connectivity index (χ0n) is 16.3. The van der Waals surface area contributed by atoms with Gasteiger partial charge in [-0.25, -0.2) is 4.52 Å². The van der Waals surface area contributed by atoms with Crippen LogP contribution >= 0.6 is 0 Å². The SMILES string of the molecule is Cc1ccc(C(O)Cn2ccn3nc(-c4ccccc4C)cc3c2=O)c(C)c1. The van der Waals surface area contributed by atoms with Crippen LogP contribution in [0.1, 0.15) is 28.4 Å². The van der Waals surface area contributed by atoms with Crippen molar-refractivity contribution in [2.24, 2.45) is 0 Å². The minimum Gasteiger partial charge on any atom is -0.387 e. The molecule has 0 bridgehead atoms. The van der Waals surface area contributed by atoms with Gasteiger partial charge < -0.3 is 9.67 Å². The number of aliphatic hydroxyl groups excluding tert-OH is 1. The Morgan fingerprint density at radius 2 is 1.79 bits per heavy atom. The monoisotopic (exact) mass is 373 g/mol. The molecular weight excluding hydrogens is 350 g/mol. The van der Waals surface area contributed by atoms with E-state index in [4.69, 9.17) is 0 Å². The molecule has 4 aromatic rings. The molecule has 5 heteroatoms. The Balaban J connectivity index is 1.70. The second kappa shape index (κ2) is 7.09. The summed E-state index contributed by atoms with van der Waals surface area (Å²) in [6, 6.07) is 15.7. The lowest BCUT2D eigenvalue weighted by molar-refractivity contribution is 0.154. The first kappa shape index (κ1) is 18.2. The van der Waals surface area contributed by atoms with Crippen molar-refractivity contribution >= 4 is 5.52 Å². The van der Waals surface area contributed by atoms with E-state index in [1.54, 1.807) is 21.5 Å². The van der Waals surface area contributed by atoms with Gasteiger partial charge in [-0.3, -0.25) is 4.79 Å². The van der Waals surface area contributed by atoms with Crippen LogP contribution in [0.15, 0.2) is 65.7 Å². The number of hydrogen-bond acceptors (Lipinski definition) is 3. The molecule has 0 amide bonds. The van der Waals surface area contributed by atoms with Crippen molar-refractivity contribution in [3.05, 3.63) is 93.5 Å². The molecule has 0 saturated heterocycles. The first-order valence-electron chi connectivity index (χ1n) is 9.34. The van der Waals surface area contributed by atoms with E-state index in [0.29, 0.717) is 5.52 Å². The fraction of sp³-hybridized carbons (Fsp3) is 0.217. The Kier molecular flexibility index (Phi) is 4.61. The highest BCUT2D eigenvalue weighted by atomic mass is 16.3. The first-order valence-corrected chi connectivity index (χ1v) is 9.34. The molecule has 5 nitrogen and oxygen atoms in total. The van der Waals surface area contributed by atoms with E-state index in [0.717, 1.165) is 33.5 Å². The minimum absolute atomic E-state index is 0.168. The molecule has 28 heavy (non-hydrogen) atoms. The zero-order chi connectivity index (χ0) is 19.8. The molecule has 0 spiro atoms. The molecular formula is C23H23N3O2. The fourth-order valence-corrected chi connectivity index (χ4v) is 3.65. The standard InChI is InChI=1S/C23H23N3O2/c1-15-8-9-19(17(3)12-15)22(27)14-25-10-11-26-21(23(25)28)13-20(24-26)18-7-5-4-6-16(18)2/h4-13,22,27H,14H2,1-3H3. The lowest BCUT2D eigenvalue weighted by Gasteiger charge is -2.16. The van der Waals surface area contributed by atoms with E-state index in [9.17, 15) is 9.90 Å². The quantitative estimate of drug-likeness (QED) is 0.592. The highest BCUT2D eigenvalue weighted by Gasteiger charge is 2.15. The summed E-state index contributed by atoms with van der Waals surface area (Å²) in [7, 11) is 0. The van der Waals surface area contributed by atoms with Gasteiger partial charge in [-0.15, -0.1) is 0 Å². The van der Waals surface area contributed by atoms with Crippen molar-refractivity contribution in [2.45, 2.75) is 33.4 Å².